The minimum Gasteiger partial charge on any atom is -0.324 e. The number of hydrogen-bond donors (Lipinski definition) is 1. The van der Waals surface area contributed by atoms with Crippen molar-refractivity contribution in [3.8, 4) is 0 Å². The van der Waals surface area contributed by atoms with Gasteiger partial charge in [-0.25, -0.2) is 0 Å². The quantitative estimate of drug-likeness (QED) is 0.864. The lowest BCUT2D eigenvalue weighted by atomic mass is 9.78. The molecule has 2 rings (SSSR count). The number of benzene rings is 1. The lowest BCUT2D eigenvalue weighted by molar-refractivity contribution is 0.112. The lowest BCUT2D eigenvalue weighted by Gasteiger charge is -2.39. The van der Waals surface area contributed by atoms with Crippen molar-refractivity contribution in [3.63, 3.8) is 0 Å². The summed E-state index contributed by atoms with van der Waals surface area (Å²) in [6.45, 7) is 8.32. The first-order valence-corrected chi connectivity index (χ1v) is 8.56. The van der Waals surface area contributed by atoms with E-state index in [1.54, 1.807) is 0 Å². The number of nitrogens with two attached hydrogens (primary N) is 1. The van der Waals surface area contributed by atoms with Gasteiger partial charge in [-0.05, 0) is 55.9 Å². The zero-order chi connectivity index (χ0) is 14.6. The van der Waals surface area contributed by atoms with Gasteiger partial charge in [0.05, 0.1) is 0 Å². The Hall–Kier alpha value is -0.380. The minimum absolute atomic E-state index is 0.130. The SMILES string of the molecule is CCC1(C)CCN(CCC(N)c2ccccc2Br)CC1. The van der Waals surface area contributed by atoms with Crippen LogP contribution in [0.25, 0.3) is 0 Å². The van der Waals surface area contributed by atoms with Gasteiger partial charge in [-0.1, -0.05) is 54.4 Å². The molecule has 0 amide bonds. The molecule has 0 spiro atoms. The fourth-order valence-corrected chi connectivity index (χ4v) is 3.50. The highest BCUT2D eigenvalue weighted by Crippen LogP contribution is 2.34. The summed E-state index contributed by atoms with van der Waals surface area (Å²) >= 11 is 3.59. The molecule has 112 valence electrons. The van der Waals surface area contributed by atoms with Gasteiger partial charge in [0.2, 0.25) is 0 Å². The van der Waals surface area contributed by atoms with Crippen LogP contribution < -0.4 is 5.73 Å². The molecule has 0 saturated carbocycles. The third kappa shape index (κ3) is 4.06. The van der Waals surface area contributed by atoms with Crippen molar-refractivity contribution >= 4 is 15.9 Å². The lowest BCUT2D eigenvalue weighted by Crippen LogP contribution is -2.39. The Morgan fingerprint density at radius 3 is 2.55 bits per heavy atom. The Labute approximate surface area is 131 Å². The van der Waals surface area contributed by atoms with Gasteiger partial charge in [-0.2, -0.15) is 0 Å². The largest absolute Gasteiger partial charge is 0.324 e. The highest BCUT2D eigenvalue weighted by atomic mass is 79.9. The fourth-order valence-electron chi connectivity index (χ4n) is 2.92. The molecule has 0 bridgehead atoms. The molecule has 1 aromatic rings. The Bertz CT molecular complexity index is 425. The van der Waals surface area contributed by atoms with E-state index >= 15 is 0 Å². The molecule has 3 heteroatoms. The Morgan fingerprint density at radius 1 is 1.30 bits per heavy atom. The van der Waals surface area contributed by atoms with Gasteiger partial charge in [0.1, 0.15) is 0 Å². The molecule has 1 aromatic carbocycles. The average Bonchev–Trinajstić information content (AvgIpc) is 2.47. The van der Waals surface area contributed by atoms with Gasteiger partial charge >= 0.3 is 0 Å². The maximum Gasteiger partial charge on any atom is 0.0318 e. The van der Waals surface area contributed by atoms with E-state index in [0.29, 0.717) is 5.41 Å². The summed E-state index contributed by atoms with van der Waals surface area (Å²) in [6, 6.07) is 8.43. The molecule has 1 fully saturated rings. The van der Waals surface area contributed by atoms with Gasteiger partial charge < -0.3 is 10.6 Å². The number of nitrogens with zero attached hydrogens (tertiary/aromatic N) is 1. The standard InChI is InChI=1S/C17H27BrN2/c1-3-17(2)9-12-20(13-10-17)11-8-16(19)14-6-4-5-7-15(14)18/h4-7,16H,3,8-13,19H2,1-2H3. The van der Waals surface area contributed by atoms with Crippen LogP contribution in [0.3, 0.4) is 0 Å². The number of piperidine rings is 1. The minimum atomic E-state index is 0.130. The van der Waals surface area contributed by atoms with E-state index in [1.807, 2.05) is 6.07 Å². The molecule has 1 aliphatic rings. The van der Waals surface area contributed by atoms with Crippen LogP contribution in [-0.4, -0.2) is 24.5 Å². The van der Waals surface area contributed by atoms with E-state index in [2.05, 4.69) is 52.9 Å². The van der Waals surface area contributed by atoms with E-state index in [9.17, 15) is 0 Å². The summed E-state index contributed by atoms with van der Waals surface area (Å²) in [6.07, 6.45) is 4.99. The topological polar surface area (TPSA) is 29.3 Å². The van der Waals surface area contributed by atoms with Gasteiger partial charge in [0, 0.05) is 10.5 Å². The average molecular weight is 339 g/mol. The molecule has 2 nitrogen and oxygen atoms in total. The number of halogens is 1. The molecule has 0 radical (unpaired) electrons. The highest BCUT2D eigenvalue weighted by Gasteiger charge is 2.28. The smallest absolute Gasteiger partial charge is 0.0318 e. The fraction of sp³-hybridized carbons (Fsp3) is 0.647. The Balaban J connectivity index is 1.80. The molecule has 20 heavy (non-hydrogen) atoms. The normalized spacial score (nSPS) is 20.8. The Kier molecular flexibility index (Phi) is 5.65. The summed E-state index contributed by atoms with van der Waals surface area (Å²) < 4.78 is 1.13. The van der Waals surface area contributed by atoms with Gasteiger partial charge in [-0.15, -0.1) is 0 Å². The van der Waals surface area contributed by atoms with Gasteiger partial charge in [0.15, 0.2) is 0 Å². The first-order valence-electron chi connectivity index (χ1n) is 7.76. The van der Waals surface area contributed by atoms with Gasteiger partial charge in [-0.3, -0.25) is 0 Å². The van der Waals surface area contributed by atoms with Crippen LogP contribution >= 0.6 is 15.9 Å². The molecule has 1 aliphatic heterocycles. The molecule has 2 N–H and O–H groups in total. The second-order valence-corrected chi connectivity index (χ2v) is 7.28. The number of likely N-dealkylation sites (tertiary alicyclic amines) is 1. The summed E-state index contributed by atoms with van der Waals surface area (Å²) in [5.74, 6) is 0. The third-order valence-corrected chi connectivity index (χ3v) is 5.70. The molecular weight excluding hydrogens is 312 g/mol. The molecule has 1 unspecified atom stereocenters. The van der Waals surface area contributed by atoms with Crippen molar-refractivity contribution in [2.45, 2.75) is 45.6 Å². The molecule has 0 aromatic heterocycles. The number of rotatable bonds is 5. The summed E-state index contributed by atoms with van der Waals surface area (Å²) in [5.41, 5.74) is 8.13. The first-order chi connectivity index (χ1) is 9.54. The summed E-state index contributed by atoms with van der Waals surface area (Å²) in [5, 5.41) is 0. The van der Waals surface area contributed by atoms with Crippen LogP contribution in [-0.2, 0) is 0 Å². The van der Waals surface area contributed by atoms with Crippen molar-refractivity contribution in [1.82, 2.24) is 4.90 Å². The van der Waals surface area contributed by atoms with Crippen molar-refractivity contribution < 1.29 is 0 Å². The highest BCUT2D eigenvalue weighted by molar-refractivity contribution is 9.10. The van der Waals surface area contributed by atoms with Crippen LogP contribution in [0.2, 0.25) is 0 Å². The molecule has 0 aliphatic carbocycles. The predicted molar refractivity (Wildman–Crippen MR) is 89.8 cm³/mol. The maximum absolute atomic E-state index is 6.34. The molecule has 1 atom stereocenters. The van der Waals surface area contributed by atoms with Crippen molar-refractivity contribution in [2.24, 2.45) is 11.1 Å². The second kappa shape index (κ2) is 7.06. The van der Waals surface area contributed by atoms with Crippen LogP contribution in [0.1, 0.15) is 51.1 Å². The van der Waals surface area contributed by atoms with Crippen molar-refractivity contribution in [2.75, 3.05) is 19.6 Å². The zero-order valence-electron chi connectivity index (χ0n) is 12.7. The Morgan fingerprint density at radius 2 is 1.95 bits per heavy atom. The second-order valence-electron chi connectivity index (χ2n) is 6.42. The summed E-state index contributed by atoms with van der Waals surface area (Å²) in [7, 11) is 0. The van der Waals surface area contributed by atoms with Crippen LogP contribution in [0.15, 0.2) is 28.7 Å². The van der Waals surface area contributed by atoms with E-state index in [-0.39, 0.29) is 6.04 Å². The maximum atomic E-state index is 6.34. The number of hydrogen-bond acceptors (Lipinski definition) is 2. The first kappa shape index (κ1) is 16.0. The van der Waals surface area contributed by atoms with Crippen LogP contribution in [0.4, 0.5) is 0 Å². The zero-order valence-corrected chi connectivity index (χ0v) is 14.3. The molecule has 1 saturated heterocycles. The van der Waals surface area contributed by atoms with E-state index in [1.165, 1.54) is 37.9 Å². The van der Waals surface area contributed by atoms with Crippen LogP contribution in [0, 0.1) is 5.41 Å². The summed E-state index contributed by atoms with van der Waals surface area (Å²) in [4.78, 5) is 2.58. The third-order valence-electron chi connectivity index (χ3n) is 4.98. The monoisotopic (exact) mass is 338 g/mol. The van der Waals surface area contributed by atoms with Crippen LogP contribution in [0.5, 0.6) is 0 Å². The van der Waals surface area contributed by atoms with E-state index in [4.69, 9.17) is 5.73 Å². The van der Waals surface area contributed by atoms with Crippen molar-refractivity contribution in [3.05, 3.63) is 34.3 Å². The van der Waals surface area contributed by atoms with Gasteiger partial charge in [0.25, 0.3) is 0 Å². The van der Waals surface area contributed by atoms with E-state index in [0.717, 1.165) is 17.4 Å². The predicted octanol–water partition coefficient (Wildman–Crippen LogP) is 4.35. The molecule has 1 heterocycles. The molecular formula is C17H27BrN2. The van der Waals surface area contributed by atoms with E-state index < -0.39 is 0 Å². The van der Waals surface area contributed by atoms with Crippen molar-refractivity contribution in [1.29, 1.82) is 0 Å².